The van der Waals surface area contributed by atoms with Crippen molar-refractivity contribution in [3.8, 4) is 0 Å². The van der Waals surface area contributed by atoms with Gasteiger partial charge in [0.2, 0.25) is 5.91 Å². The second-order valence-corrected chi connectivity index (χ2v) is 6.66. The van der Waals surface area contributed by atoms with Crippen LogP contribution in [-0.2, 0) is 9.53 Å². The maximum atomic E-state index is 12.5. The van der Waals surface area contributed by atoms with Gasteiger partial charge in [0.05, 0.1) is 23.6 Å². The van der Waals surface area contributed by atoms with E-state index in [2.05, 4.69) is 11.1 Å². The van der Waals surface area contributed by atoms with Gasteiger partial charge in [0, 0.05) is 25.6 Å². The number of piperidine rings is 1. The lowest BCUT2D eigenvalue weighted by Gasteiger charge is -2.32. The summed E-state index contributed by atoms with van der Waals surface area (Å²) in [5.74, 6) is 1.56. The van der Waals surface area contributed by atoms with Crippen LogP contribution in [0.1, 0.15) is 43.8 Å². The topological polar surface area (TPSA) is 58.2 Å². The molecule has 2 saturated heterocycles. The van der Waals surface area contributed by atoms with Gasteiger partial charge in [0.25, 0.3) is 0 Å². The molecule has 122 valence electrons. The molecule has 4 rings (SSSR count). The summed E-state index contributed by atoms with van der Waals surface area (Å²) < 4.78 is 5.60. The molecule has 2 aromatic rings. The lowest BCUT2D eigenvalue weighted by Crippen LogP contribution is -2.40. The number of carbonyl (C=O) groups excluding carboxylic acids is 1. The molecule has 0 spiro atoms. The van der Waals surface area contributed by atoms with Crippen molar-refractivity contribution in [2.45, 2.75) is 44.1 Å². The van der Waals surface area contributed by atoms with Crippen molar-refractivity contribution in [1.82, 2.24) is 14.9 Å². The highest BCUT2D eigenvalue weighted by molar-refractivity contribution is 5.77. The van der Waals surface area contributed by atoms with E-state index < -0.39 is 0 Å². The van der Waals surface area contributed by atoms with E-state index in [1.165, 1.54) is 0 Å². The zero-order valence-corrected chi connectivity index (χ0v) is 13.3. The number of carbonyl (C=O) groups is 1. The fraction of sp³-hybridized carbons (Fsp3) is 0.556. The van der Waals surface area contributed by atoms with E-state index in [1.807, 2.05) is 23.1 Å². The molecule has 1 aromatic heterocycles. The highest BCUT2D eigenvalue weighted by atomic mass is 16.5. The average molecular weight is 313 g/mol. The van der Waals surface area contributed by atoms with Crippen LogP contribution in [0.5, 0.6) is 0 Å². The van der Waals surface area contributed by atoms with Crippen molar-refractivity contribution in [2.24, 2.45) is 0 Å². The standard InChI is InChI=1S/C18H23N3O2/c22-17(11-14-6-4-10-23-14)21-9-3-5-13(12-21)18-19-15-7-1-2-8-16(15)20-18/h1-2,7-8,13-14H,3-6,9-12H2,(H,19,20)/t13-,14+/m0/s1. The molecule has 23 heavy (non-hydrogen) atoms. The predicted molar refractivity (Wildman–Crippen MR) is 88.2 cm³/mol. The largest absolute Gasteiger partial charge is 0.378 e. The van der Waals surface area contributed by atoms with Crippen molar-refractivity contribution in [3.05, 3.63) is 30.1 Å². The minimum absolute atomic E-state index is 0.133. The van der Waals surface area contributed by atoms with Crippen LogP contribution in [0.25, 0.3) is 11.0 Å². The second-order valence-electron chi connectivity index (χ2n) is 6.66. The first-order valence-corrected chi connectivity index (χ1v) is 8.63. The van der Waals surface area contributed by atoms with Gasteiger partial charge in [-0.15, -0.1) is 0 Å². The number of ether oxygens (including phenoxy) is 1. The Morgan fingerprint density at radius 1 is 1.30 bits per heavy atom. The van der Waals surface area contributed by atoms with Crippen LogP contribution < -0.4 is 0 Å². The maximum Gasteiger partial charge on any atom is 0.225 e. The van der Waals surface area contributed by atoms with E-state index in [-0.39, 0.29) is 12.0 Å². The number of imidazole rings is 1. The number of amides is 1. The lowest BCUT2D eigenvalue weighted by atomic mass is 9.97. The molecule has 2 fully saturated rings. The fourth-order valence-corrected chi connectivity index (χ4v) is 3.72. The summed E-state index contributed by atoms with van der Waals surface area (Å²) in [5.41, 5.74) is 2.08. The molecule has 2 aliphatic rings. The Morgan fingerprint density at radius 2 is 2.22 bits per heavy atom. The van der Waals surface area contributed by atoms with Crippen LogP contribution in [0.15, 0.2) is 24.3 Å². The highest BCUT2D eigenvalue weighted by Crippen LogP contribution is 2.27. The number of hydrogen-bond acceptors (Lipinski definition) is 3. The molecule has 0 radical (unpaired) electrons. The van der Waals surface area contributed by atoms with Crippen LogP contribution in [0.4, 0.5) is 0 Å². The Kier molecular flexibility index (Phi) is 4.04. The molecule has 2 atom stereocenters. The van der Waals surface area contributed by atoms with Crippen molar-refractivity contribution in [3.63, 3.8) is 0 Å². The zero-order chi connectivity index (χ0) is 15.6. The minimum atomic E-state index is 0.133. The Labute approximate surface area is 136 Å². The van der Waals surface area contributed by atoms with Crippen molar-refractivity contribution >= 4 is 16.9 Å². The molecule has 0 aliphatic carbocycles. The summed E-state index contributed by atoms with van der Waals surface area (Å²) >= 11 is 0. The minimum Gasteiger partial charge on any atom is -0.378 e. The number of nitrogens with zero attached hydrogens (tertiary/aromatic N) is 2. The van der Waals surface area contributed by atoms with E-state index in [1.54, 1.807) is 0 Å². The number of hydrogen-bond donors (Lipinski definition) is 1. The molecule has 1 amide bonds. The molecule has 5 heteroatoms. The number of aromatic nitrogens is 2. The number of nitrogens with one attached hydrogen (secondary N) is 1. The number of H-pyrrole nitrogens is 1. The normalized spacial score (nSPS) is 25.1. The van der Waals surface area contributed by atoms with Gasteiger partial charge in [-0.2, -0.15) is 0 Å². The maximum absolute atomic E-state index is 12.5. The summed E-state index contributed by atoms with van der Waals surface area (Å²) in [5, 5.41) is 0. The van der Waals surface area contributed by atoms with E-state index in [9.17, 15) is 4.79 Å². The van der Waals surface area contributed by atoms with E-state index in [0.717, 1.165) is 62.2 Å². The Balaban J connectivity index is 1.44. The number of benzene rings is 1. The van der Waals surface area contributed by atoms with Crippen molar-refractivity contribution in [2.75, 3.05) is 19.7 Å². The summed E-state index contributed by atoms with van der Waals surface area (Å²) in [6, 6.07) is 8.10. The van der Waals surface area contributed by atoms with E-state index in [4.69, 9.17) is 9.72 Å². The SMILES string of the molecule is O=C(C[C@H]1CCCO1)N1CCC[C@H](c2nc3ccccc3[nH]2)C1. The van der Waals surface area contributed by atoms with Crippen LogP contribution in [-0.4, -0.2) is 46.6 Å². The van der Waals surface area contributed by atoms with Gasteiger partial charge in [-0.05, 0) is 37.8 Å². The molecular formula is C18H23N3O2. The van der Waals surface area contributed by atoms with Crippen LogP contribution in [0.3, 0.4) is 0 Å². The zero-order valence-electron chi connectivity index (χ0n) is 13.3. The number of para-hydroxylation sites is 2. The average Bonchev–Trinajstić information content (AvgIpc) is 3.24. The van der Waals surface area contributed by atoms with Crippen LogP contribution in [0, 0.1) is 0 Å². The van der Waals surface area contributed by atoms with Crippen molar-refractivity contribution < 1.29 is 9.53 Å². The van der Waals surface area contributed by atoms with Crippen LogP contribution >= 0.6 is 0 Å². The number of fused-ring (bicyclic) bond motifs is 1. The first kappa shape index (κ1) is 14.7. The van der Waals surface area contributed by atoms with E-state index in [0.29, 0.717) is 12.3 Å². The molecule has 0 saturated carbocycles. The number of likely N-dealkylation sites (tertiary alicyclic amines) is 1. The third kappa shape index (κ3) is 3.11. The van der Waals surface area contributed by atoms with Gasteiger partial charge in [-0.1, -0.05) is 12.1 Å². The third-order valence-electron chi connectivity index (χ3n) is 4.99. The van der Waals surface area contributed by atoms with Gasteiger partial charge in [0.15, 0.2) is 0 Å². The van der Waals surface area contributed by atoms with Gasteiger partial charge >= 0.3 is 0 Å². The molecule has 1 N–H and O–H groups in total. The smallest absolute Gasteiger partial charge is 0.225 e. The molecule has 1 aromatic carbocycles. The van der Waals surface area contributed by atoms with E-state index >= 15 is 0 Å². The summed E-state index contributed by atoms with van der Waals surface area (Å²) in [6.45, 7) is 2.44. The molecule has 5 nitrogen and oxygen atoms in total. The first-order valence-electron chi connectivity index (χ1n) is 8.63. The number of aromatic amines is 1. The highest BCUT2D eigenvalue weighted by Gasteiger charge is 2.29. The Bertz CT molecular complexity index is 657. The van der Waals surface area contributed by atoms with Gasteiger partial charge in [-0.25, -0.2) is 4.98 Å². The molecule has 0 unspecified atom stereocenters. The lowest BCUT2D eigenvalue weighted by molar-refractivity contribution is -0.134. The Hall–Kier alpha value is -1.88. The van der Waals surface area contributed by atoms with Gasteiger partial charge in [-0.3, -0.25) is 4.79 Å². The van der Waals surface area contributed by atoms with Crippen LogP contribution in [0.2, 0.25) is 0 Å². The Morgan fingerprint density at radius 3 is 3.04 bits per heavy atom. The monoisotopic (exact) mass is 313 g/mol. The van der Waals surface area contributed by atoms with Gasteiger partial charge < -0.3 is 14.6 Å². The predicted octanol–water partition coefficient (Wildman–Crippen LogP) is 2.84. The molecule has 3 heterocycles. The molecule has 2 aliphatic heterocycles. The fourth-order valence-electron chi connectivity index (χ4n) is 3.72. The summed E-state index contributed by atoms with van der Waals surface area (Å²) in [7, 11) is 0. The molecular weight excluding hydrogens is 290 g/mol. The third-order valence-corrected chi connectivity index (χ3v) is 4.99. The quantitative estimate of drug-likeness (QED) is 0.948. The van der Waals surface area contributed by atoms with Gasteiger partial charge in [0.1, 0.15) is 5.82 Å². The summed E-state index contributed by atoms with van der Waals surface area (Å²) in [4.78, 5) is 22.7. The second kappa shape index (κ2) is 6.32. The van der Waals surface area contributed by atoms with Crippen molar-refractivity contribution in [1.29, 1.82) is 0 Å². The first-order chi connectivity index (χ1) is 11.3. The number of rotatable bonds is 3. The summed E-state index contributed by atoms with van der Waals surface area (Å²) in [6.07, 6.45) is 4.90. The molecule has 0 bridgehead atoms.